The number of aromatic nitrogens is 2. The van der Waals surface area contributed by atoms with Gasteiger partial charge in [-0.05, 0) is 38.2 Å². The van der Waals surface area contributed by atoms with E-state index < -0.39 is 11.8 Å². The highest BCUT2D eigenvalue weighted by atomic mass is 16.5. The number of rotatable bonds is 2. The van der Waals surface area contributed by atoms with Gasteiger partial charge in [-0.1, -0.05) is 0 Å². The van der Waals surface area contributed by atoms with Gasteiger partial charge in [0.25, 0.3) is 0 Å². The van der Waals surface area contributed by atoms with E-state index in [0.717, 1.165) is 45.2 Å². The molecule has 0 aliphatic carbocycles. The van der Waals surface area contributed by atoms with E-state index in [4.69, 9.17) is 4.74 Å². The van der Waals surface area contributed by atoms with E-state index in [0.29, 0.717) is 19.3 Å². The molecule has 3 fully saturated rings. The van der Waals surface area contributed by atoms with Crippen LogP contribution in [0.25, 0.3) is 0 Å². The highest BCUT2D eigenvalue weighted by Gasteiger charge is 2.53. The minimum absolute atomic E-state index is 0.0128. The summed E-state index contributed by atoms with van der Waals surface area (Å²) in [5, 5.41) is 14.1. The molecular weight excluding hydrogens is 296 g/mol. The number of likely N-dealkylation sites (tertiary alicyclic amines) is 1. The number of nitrogens with zero attached hydrogens (tertiary/aromatic N) is 4. The number of hydrogen-bond donors (Lipinski definition) is 1. The van der Waals surface area contributed by atoms with Crippen LogP contribution in [-0.2, 0) is 4.74 Å². The maximum atomic E-state index is 11.9. The normalized spacial score (nSPS) is 32.9. The summed E-state index contributed by atoms with van der Waals surface area (Å²) in [7, 11) is 0. The van der Waals surface area contributed by atoms with Crippen LogP contribution >= 0.6 is 0 Å². The zero-order valence-corrected chi connectivity index (χ0v) is 13.3. The molecule has 2 bridgehead atoms. The summed E-state index contributed by atoms with van der Waals surface area (Å²) in [6, 6.07) is 2.39. The molecule has 4 heterocycles. The zero-order valence-electron chi connectivity index (χ0n) is 13.3. The van der Waals surface area contributed by atoms with E-state index >= 15 is 0 Å². The van der Waals surface area contributed by atoms with Crippen LogP contribution in [0.15, 0.2) is 18.5 Å². The molecule has 4 rings (SSSR count). The van der Waals surface area contributed by atoms with E-state index in [1.807, 2.05) is 23.1 Å². The first-order valence-corrected chi connectivity index (χ1v) is 8.55. The maximum absolute atomic E-state index is 11.9. The highest BCUT2D eigenvalue weighted by molar-refractivity contribution is 5.67. The minimum Gasteiger partial charge on any atom is -0.465 e. The smallest absolute Gasteiger partial charge is 0.409 e. The summed E-state index contributed by atoms with van der Waals surface area (Å²) in [6.45, 7) is 2.83. The van der Waals surface area contributed by atoms with E-state index in [2.05, 4.69) is 10.00 Å². The molecule has 1 amide bonds. The van der Waals surface area contributed by atoms with Crippen molar-refractivity contribution >= 4 is 6.09 Å². The number of carbonyl (C=O) groups is 1. The lowest BCUT2D eigenvalue weighted by Crippen LogP contribution is -2.73. The van der Waals surface area contributed by atoms with E-state index in [9.17, 15) is 9.90 Å². The first-order chi connectivity index (χ1) is 11.2. The van der Waals surface area contributed by atoms with Gasteiger partial charge >= 0.3 is 6.09 Å². The average Bonchev–Trinajstić information content (AvgIpc) is 3.08. The molecule has 7 heteroatoms. The van der Waals surface area contributed by atoms with Crippen molar-refractivity contribution in [2.75, 3.05) is 26.3 Å². The number of ether oxygens (including phenoxy) is 1. The quantitative estimate of drug-likeness (QED) is 0.899. The van der Waals surface area contributed by atoms with Crippen LogP contribution in [0.5, 0.6) is 0 Å². The van der Waals surface area contributed by atoms with Crippen molar-refractivity contribution in [2.24, 2.45) is 0 Å². The molecule has 7 nitrogen and oxygen atoms in total. The van der Waals surface area contributed by atoms with E-state index in [1.54, 1.807) is 4.90 Å². The van der Waals surface area contributed by atoms with Gasteiger partial charge in [0.2, 0.25) is 0 Å². The Hall–Kier alpha value is -1.60. The van der Waals surface area contributed by atoms with Crippen LogP contribution < -0.4 is 0 Å². The Balaban J connectivity index is 1.53. The summed E-state index contributed by atoms with van der Waals surface area (Å²) in [5.74, 6) is 0. The fourth-order valence-corrected chi connectivity index (χ4v) is 4.65. The third-order valence-corrected chi connectivity index (χ3v) is 5.73. The lowest BCUT2D eigenvalue weighted by molar-refractivity contribution is -0.187. The molecule has 1 N–H and O–H groups in total. The molecule has 0 spiro atoms. The van der Waals surface area contributed by atoms with E-state index in [-0.39, 0.29) is 6.04 Å². The third-order valence-electron chi connectivity index (χ3n) is 5.73. The predicted molar refractivity (Wildman–Crippen MR) is 83.1 cm³/mol. The van der Waals surface area contributed by atoms with Gasteiger partial charge in [-0.3, -0.25) is 14.5 Å². The molecule has 3 saturated heterocycles. The molecule has 126 valence electrons. The summed E-state index contributed by atoms with van der Waals surface area (Å²) >= 11 is 0. The van der Waals surface area contributed by atoms with Gasteiger partial charge in [0.1, 0.15) is 5.66 Å². The lowest BCUT2D eigenvalue weighted by Gasteiger charge is -2.58. The second-order valence-corrected chi connectivity index (χ2v) is 6.90. The van der Waals surface area contributed by atoms with Crippen LogP contribution in [0, 0.1) is 0 Å². The second kappa shape index (κ2) is 5.79. The SMILES string of the molecule is O=C(O)N1C2CCCC1(N1CCC(n3cccn3)CC1)COC2. The number of amides is 1. The monoisotopic (exact) mass is 320 g/mol. The summed E-state index contributed by atoms with van der Waals surface area (Å²) < 4.78 is 7.84. The van der Waals surface area contributed by atoms with E-state index in [1.165, 1.54) is 0 Å². The minimum atomic E-state index is -0.799. The molecule has 23 heavy (non-hydrogen) atoms. The molecule has 3 aliphatic heterocycles. The van der Waals surface area contributed by atoms with Crippen LogP contribution in [-0.4, -0.2) is 68.8 Å². The van der Waals surface area contributed by atoms with Crippen molar-refractivity contribution in [3.63, 3.8) is 0 Å². The second-order valence-electron chi connectivity index (χ2n) is 6.90. The van der Waals surface area contributed by atoms with Crippen LogP contribution in [0.1, 0.15) is 38.1 Å². The molecule has 1 aromatic rings. The molecular formula is C16H24N4O3. The standard InChI is InChI=1S/C16H24N4O3/c21-15(22)20-14-3-1-6-16(20,12-23-11-14)18-9-4-13(5-10-18)19-8-2-7-17-19/h2,7-8,13-14H,1,3-6,9-12H2,(H,21,22). The van der Waals surface area contributed by atoms with Gasteiger partial charge < -0.3 is 9.84 Å². The maximum Gasteiger partial charge on any atom is 0.409 e. The largest absolute Gasteiger partial charge is 0.465 e. The summed E-state index contributed by atoms with van der Waals surface area (Å²) in [6.07, 6.45) is 7.91. The van der Waals surface area contributed by atoms with Crippen molar-refractivity contribution in [1.82, 2.24) is 19.6 Å². The number of hydrogen-bond acceptors (Lipinski definition) is 4. The van der Waals surface area contributed by atoms with Gasteiger partial charge in [0.15, 0.2) is 0 Å². The molecule has 2 unspecified atom stereocenters. The number of morpholine rings is 1. The van der Waals surface area contributed by atoms with Crippen LogP contribution in [0.2, 0.25) is 0 Å². The Labute approximate surface area is 135 Å². The predicted octanol–water partition coefficient (Wildman–Crippen LogP) is 1.78. The Kier molecular flexibility index (Phi) is 3.77. The lowest BCUT2D eigenvalue weighted by atomic mass is 9.86. The molecule has 2 atom stereocenters. The Morgan fingerprint density at radius 1 is 1.26 bits per heavy atom. The molecule has 0 saturated carbocycles. The molecule has 1 aromatic heterocycles. The van der Waals surface area contributed by atoms with Crippen molar-refractivity contribution in [2.45, 2.75) is 49.9 Å². The third kappa shape index (κ3) is 2.42. The Bertz CT molecular complexity index is 544. The first kappa shape index (κ1) is 15.0. The fourth-order valence-electron chi connectivity index (χ4n) is 4.65. The fraction of sp³-hybridized carbons (Fsp3) is 0.750. The van der Waals surface area contributed by atoms with Crippen LogP contribution in [0.3, 0.4) is 0 Å². The molecule has 0 radical (unpaired) electrons. The number of fused-ring (bicyclic) bond motifs is 2. The zero-order chi connectivity index (χ0) is 15.9. The topological polar surface area (TPSA) is 70.8 Å². The highest BCUT2D eigenvalue weighted by Crippen LogP contribution is 2.40. The van der Waals surface area contributed by atoms with Gasteiger partial charge in [0, 0.05) is 25.5 Å². The van der Waals surface area contributed by atoms with Gasteiger partial charge in [-0.25, -0.2) is 4.79 Å². The Morgan fingerprint density at radius 3 is 2.78 bits per heavy atom. The Morgan fingerprint density at radius 2 is 2.09 bits per heavy atom. The molecule has 3 aliphatic rings. The van der Waals surface area contributed by atoms with Gasteiger partial charge in [0.05, 0.1) is 25.3 Å². The summed E-state index contributed by atoms with van der Waals surface area (Å²) in [5.41, 5.74) is -0.456. The van der Waals surface area contributed by atoms with Gasteiger partial charge in [-0.15, -0.1) is 0 Å². The van der Waals surface area contributed by atoms with Crippen molar-refractivity contribution in [3.8, 4) is 0 Å². The van der Waals surface area contributed by atoms with Crippen molar-refractivity contribution < 1.29 is 14.6 Å². The number of piperidine rings is 2. The first-order valence-electron chi connectivity index (χ1n) is 8.55. The van der Waals surface area contributed by atoms with Gasteiger partial charge in [-0.2, -0.15) is 5.10 Å². The average molecular weight is 320 g/mol. The summed E-state index contributed by atoms with van der Waals surface area (Å²) in [4.78, 5) is 16.0. The molecule has 0 aromatic carbocycles. The number of carboxylic acid groups (broad SMARTS) is 1. The van der Waals surface area contributed by atoms with Crippen molar-refractivity contribution in [3.05, 3.63) is 18.5 Å². The van der Waals surface area contributed by atoms with Crippen LogP contribution in [0.4, 0.5) is 4.79 Å². The van der Waals surface area contributed by atoms with Crippen molar-refractivity contribution in [1.29, 1.82) is 0 Å².